The lowest BCUT2D eigenvalue weighted by Crippen LogP contribution is -2.70. The first-order chi connectivity index (χ1) is 11.2. The van der Waals surface area contributed by atoms with Crippen molar-refractivity contribution < 1.29 is 19.5 Å². The number of nitrogens with one attached hydrogen (secondary N) is 2. The Labute approximate surface area is 147 Å². The van der Waals surface area contributed by atoms with E-state index >= 15 is 0 Å². The molecule has 3 atom stereocenters. The number of amides is 3. The van der Waals surface area contributed by atoms with Crippen LogP contribution in [0.5, 0.6) is 0 Å². The van der Waals surface area contributed by atoms with Crippen LogP contribution in [0.1, 0.15) is 13.8 Å². The third-order valence-electron chi connectivity index (χ3n) is 4.06. The molecule has 7 nitrogen and oxygen atoms in total. The van der Waals surface area contributed by atoms with E-state index in [1.165, 1.54) is 16.7 Å². The Bertz CT molecular complexity index is 709. The lowest BCUT2D eigenvalue weighted by molar-refractivity contribution is -0.159. The second-order valence-electron chi connectivity index (χ2n) is 6.18. The van der Waals surface area contributed by atoms with Gasteiger partial charge in [-0.25, -0.2) is 9.59 Å². The zero-order valence-corrected chi connectivity index (χ0v) is 14.5. The zero-order valence-electron chi connectivity index (χ0n) is 12.9. The molecule has 3 N–H and O–H groups in total. The molecule has 0 unspecified atom stereocenters. The lowest BCUT2D eigenvalue weighted by atomic mass is 9.96. The Morgan fingerprint density at radius 3 is 2.50 bits per heavy atom. The van der Waals surface area contributed by atoms with Gasteiger partial charge in [0.2, 0.25) is 5.91 Å². The largest absolute Gasteiger partial charge is 0.480 e. The molecule has 0 bridgehead atoms. The van der Waals surface area contributed by atoms with Gasteiger partial charge in [0.25, 0.3) is 0 Å². The number of urea groups is 1. The van der Waals surface area contributed by atoms with Crippen LogP contribution >= 0.6 is 23.4 Å². The summed E-state index contributed by atoms with van der Waals surface area (Å²) in [6.45, 7) is 3.57. The third kappa shape index (κ3) is 2.80. The molecular formula is C15H16ClN3O4S. The number of nitrogens with zero attached hydrogens (tertiary/aromatic N) is 1. The number of hydrogen-bond acceptors (Lipinski definition) is 4. The predicted molar refractivity (Wildman–Crippen MR) is 91.1 cm³/mol. The van der Waals surface area contributed by atoms with Crippen molar-refractivity contribution in [3.8, 4) is 0 Å². The van der Waals surface area contributed by atoms with E-state index in [1.807, 2.05) is 0 Å². The summed E-state index contributed by atoms with van der Waals surface area (Å²) >= 11 is 7.16. The van der Waals surface area contributed by atoms with Gasteiger partial charge >= 0.3 is 12.0 Å². The van der Waals surface area contributed by atoms with Gasteiger partial charge in [-0.05, 0) is 38.1 Å². The third-order valence-corrected chi connectivity index (χ3v) is 5.89. The molecule has 9 heteroatoms. The number of carboxylic acids is 1. The van der Waals surface area contributed by atoms with Crippen LogP contribution in [0.2, 0.25) is 5.02 Å². The van der Waals surface area contributed by atoms with Crippen molar-refractivity contribution in [2.75, 3.05) is 5.32 Å². The van der Waals surface area contributed by atoms with Gasteiger partial charge in [0, 0.05) is 15.5 Å². The van der Waals surface area contributed by atoms with Crippen LogP contribution in [0.25, 0.3) is 0 Å². The maximum atomic E-state index is 12.3. The molecule has 128 valence electrons. The second kappa shape index (κ2) is 5.86. The fourth-order valence-electron chi connectivity index (χ4n) is 2.99. The summed E-state index contributed by atoms with van der Waals surface area (Å²) in [5.74, 6) is -1.41. The highest BCUT2D eigenvalue weighted by atomic mass is 35.5. The molecule has 0 spiro atoms. The number of hydrogen-bond donors (Lipinski definition) is 3. The van der Waals surface area contributed by atoms with Crippen LogP contribution in [-0.4, -0.2) is 50.1 Å². The van der Waals surface area contributed by atoms with Crippen molar-refractivity contribution in [3.63, 3.8) is 0 Å². The van der Waals surface area contributed by atoms with Gasteiger partial charge in [-0.3, -0.25) is 4.79 Å². The maximum absolute atomic E-state index is 12.3. The molecule has 24 heavy (non-hydrogen) atoms. The van der Waals surface area contributed by atoms with Crippen molar-refractivity contribution in [2.24, 2.45) is 0 Å². The average molecular weight is 370 g/mol. The van der Waals surface area contributed by atoms with E-state index in [0.29, 0.717) is 10.7 Å². The Morgan fingerprint density at radius 1 is 1.29 bits per heavy atom. The van der Waals surface area contributed by atoms with E-state index in [2.05, 4.69) is 10.6 Å². The van der Waals surface area contributed by atoms with Gasteiger partial charge in [-0.1, -0.05) is 11.6 Å². The number of rotatable bonds is 3. The summed E-state index contributed by atoms with van der Waals surface area (Å²) in [6, 6.07) is 4.42. The number of halogens is 1. The highest BCUT2D eigenvalue weighted by Crippen LogP contribution is 2.50. The van der Waals surface area contributed by atoms with Gasteiger partial charge in [0.05, 0.1) is 0 Å². The molecule has 2 heterocycles. The van der Waals surface area contributed by atoms with Crippen LogP contribution < -0.4 is 10.6 Å². The van der Waals surface area contributed by atoms with Crippen molar-refractivity contribution in [1.29, 1.82) is 0 Å². The minimum atomic E-state index is -1.03. The molecular weight excluding hydrogens is 354 g/mol. The smallest absolute Gasteiger partial charge is 0.327 e. The molecule has 0 saturated carbocycles. The Balaban J connectivity index is 1.65. The topological polar surface area (TPSA) is 98.7 Å². The van der Waals surface area contributed by atoms with Gasteiger partial charge in [-0.2, -0.15) is 0 Å². The minimum absolute atomic E-state index is 0.371. The number of carboxylic acid groups (broad SMARTS) is 1. The first-order valence-electron chi connectivity index (χ1n) is 7.26. The van der Waals surface area contributed by atoms with E-state index in [0.717, 1.165) is 0 Å². The van der Waals surface area contributed by atoms with E-state index in [9.17, 15) is 19.5 Å². The molecule has 3 amide bonds. The second-order valence-corrected chi connectivity index (χ2v) is 8.39. The summed E-state index contributed by atoms with van der Waals surface area (Å²) in [5, 5.41) is 14.8. The number of carbonyl (C=O) groups excluding carboxylic acids is 2. The number of aliphatic carboxylic acids is 1. The van der Waals surface area contributed by atoms with Crippen LogP contribution in [0.15, 0.2) is 24.3 Å². The number of fused-ring (bicyclic) bond motifs is 1. The molecule has 0 aliphatic carbocycles. The van der Waals surface area contributed by atoms with Crippen LogP contribution in [-0.2, 0) is 9.59 Å². The van der Waals surface area contributed by atoms with E-state index in [-0.39, 0.29) is 11.3 Å². The quantitative estimate of drug-likeness (QED) is 0.707. The van der Waals surface area contributed by atoms with Gasteiger partial charge < -0.3 is 20.6 Å². The molecule has 0 aromatic heterocycles. The molecule has 2 saturated heterocycles. The Hall–Kier alpha value is -1.93. The van der Waals surface area contributed by atoms with Gasteiger partial charge in [-0.15, -0.1) is 11.8 Å². The highest BCUT2D eigenvalue weighted by Gasteiger charge is 2.64. The summed E-state index contributed by atoms with van der Waals surface area (Å²) in [6.07, 6.45) is 0. The Kier molecular flexibility index (Phi) is 4.13. The molecule has 3 rings (SSSR count). The van der Waals surface area contributed by atoms with Crippen LogP contribution in [0.3, 0.4) is 0 Å². The maximum Gasteiger partial charge on any atom is 0.327 e. The minimum Gasteiger partial charge on any atom is -0.480 e. The van der Waals surface area contributed by atoms with Gasteiger partial charge in [0.1, 0.15) is 17.5 Å². The van der Waals surface area contributed by atoms with Crippen molar-refractivity contribution in [3.05, 3.63) is 29.3 Å². The van der Waals surface area contributed by atoms with Crippen LogP contribution in [0, 0.1) is 0 Å². The number of β-lactam (4-membered cyclic amide) rings is 1. The summed E-state index contributed by atoms with van der Waals surface area (Å²) in [7, 11) is 0. The average Bonchev–Trinajstić information content (AvgIpc) is 2.76. The summed E-state index contributed by atoms with van der Waals surface area (Å²) in [4.78, 5) is 37.1. The SMILES string of the molecule is CC1(C)S[C@H]2[C@H](NC(=O)Nc3ccc(Cl)cc3)C(=O)N2[C@H]1C(=O)O. The summed E-state index contributed by atoms with van der Waals surface area (Å²) < 4.78 is -0.616. The zero-order chi connectivity index (χ0) is 17.6. The van der Waals surface area contributed by atoms with Crippen molar-refractivity contribution >= 4 is 47.0 Å². The highest BCUT2D eigenvalue weighted by molar-refractivity contribution is 8.01. The van der Waals surface area contributed by atoms with E-state index in [1.54, 1.807) is 38.1 Å². The molecule has 0 radical (unpaired) electrons. The first kappa shape index (κ1) is 16.9. The monoisotopic (exact) mass is 369 g/mol. The molecule has 1 aromatic rings. The number of anilines is 1. The number of carbonyl (C=O) groups is 3. The molecule has 2 fully saturated rings. The molecule has 2 aliphatic heterocycles. The fraction of sp³-hybridized carbons (Fsp3) is 0.400. The van der Waals surface area contributed by atoms with Crippen molar-refractivity contribution in [1.82, 2.24) is 10.2 Å². The Morgan fingerprint density at radius 2 is 1.92 bits per heavy atom. The van der Waals surface area contributed by atoms with Crippen molar-refractivity contribution in [2.45, 2.75) is 36.1 Å². The molecule has 1 aromatic carbocycles. The standard InChI is InChI=1S/C15H16ClN3O4S/c1-15(2)10(13(21)22)19-11(20)9(12(19)24-15)18-14(23)17-8-5-3-7(16)4-6-8/h3-6,9-10,12H,1-2H3,(H,21,22)(H2,17,18,23)/t9-,10+,12+/m1/s1. The fourth-order valence-corrected chi connectivity index (χ4v) is 4.74. The number of thioether (sulfide) groups is 1. The number of benzene rings is 1. The van der Waals surface area contributed by atoms with Gasteiger partial charge in [0.15, 0.2) is 0 Å². The van der Waals surface area contributed by atoms with Crippen LogP contribution in [0.4, 0.5) is 10.5 Å². The van der Waals surface area contributed by atoms with E-state index < -0.39 is 28.8 Å². The predicted octanol–water partition coefficient (Wildman–Crippen LogP) is 1.98. The first-order valence-corrected chi connectivity index (χ1v) is 8.52. The summed E-state index contributed by atoms with van der Waals surface area (Å²) in [5.41, 5.74) is 0.545. The lowest BCUT2D eigenvalue weighted by Gasteiger charge is -2.43. The molecule has 2 aliphatic rings. The van der Waals surface area contributed by atoms with E-state index in [4.69, 9.17) is 11.6 Å². The normalized spacial score (nSPS) is 27.2.